The first kappa shape index (κ1) is 21.0. The van der Waals surface area contributed by atoms with Crippen LogP contribution >= 0.6 is 0 Å². The van der Waals surface area contributed by atoms with Crippen molar-refractivity contribution in [2.75, 3.05) is 6.54 Å². The van der Waals surface area contributed by atoms with E-state index in [2.05, 4.69) is 16.2 Å². The number of non-ortho nitro benzene ring substituents is 1. The van der Waals surface area contributed by atoms with E-state index in [9.17, 15) is 29.3 Å². The van der Waals surface area contributed by atoms with Gasteiger partial charge < -0.3 is 5.32 Å². The van der Waals surface area contributed by atoms with Crippen molar-refractivity contribution in [2.24, 2.45) is 0 Å². The van der Waals surface area contributed by atoms with Gasteiger partial charge in [-0.15, -0.1) is 0 Å². The molecule has 1 unspecified atom stereocenters. The van der Waals surface area contributed by atoms with Gasteiger partial charge in [0.2, 0.25) is 0 Å². The number of nitro groups is 1. The molecule has 4 rings (SSSR count). The van der Waals surface area contributed by atoms with Gasteiger partial charge >= 0.3 is 6.03 Å². The molecule has 5 amide bonds. The predicted octanol–water partition coefficient (Wildman–Crippen LogP) is 1.14. The zero-order valence-corrected chi connectivity index (χ0v) is 16.8. The zero-order chi connectivity index (χ0) is 22.9. The fourth-order valence-corrected chi connectivity index (χ4v) is 4.10. The topological polar surface area (TPSA) is 151 Å². The minimum atomic E-state index is -1.20. The van der Waals surface area contributed by atoms with E-state index in [1.54, 1.807) is 12.1 Å². The number of hydrogen-bond acceptors (Lipinski definition) is 6. The average Bonchev–Trinajstić information content (AvgIpc) is 3.02. The maximum absolute atomic E-state index is 13.2. The summed E-state index contributed by atoms with van der Waals surface area (Å²) in [5.41, 5.74) is 4.45. The first-order chi connectivity index (χ1) is 15.3. The molecule has 0 saturated carbocycles. The van der Waals surface area contributed by atoms with E-state index in [4.69, 9.17) is 0 Å². The van der Waals surface area contributed by atoms with Crippen LogP contribution in [0.15, 0.2) is 48.5 Å². The Morgan fingerprint density at radius 3 is 2.69 bits per heavy atom. The lowest BCUT2D eigenvalue weighted by Crippen LogP contribution is -2.49. The van der Waals surface area contributed by atoms with Gasteiger partial charge in [0.15, 0.2) is 0 Å². The molecule has 1 aliphatic heterocycles. The van der Waals surface area contributed by atoms with Gasteiger partial charge in [0.1, 0.15) is 12.1 Å². The van der Waals surface area contributed by atoms with E-state index >= 15 is 0 Å². The van der Waals surface area contributed by atoms with Gasteiger partial charge in [-0.25, -0.2) is 4.79 Å². The molecule has 11 nitrogen and oxygen atoms in total. The number of imide groups is 1. The van der Waals surface area contributed by atoms with Crippen LogP contribution in [-0.2, 0) is 21.5 Å². The number of amides is 5. The molecular formula is C21H19N5O6. The lowest BCUT2D eigenvalue weighted by atomic mass is 9.76. The average molecular weight is 437 g/mol. The lowest BCUT2D eigenvalue weighted by Gasteiger charge is -2.33. The normalized spacial score (nSPS) is 19.3. The molecule has 2 aliphatic rings. The highest BCUT2D eigenvalue weighted by atomic mass is 16.6. The summed E-state index contributed by atoms with van der Waals surface area (Å²) >= 11 is 0. The second-order valence-electron chi connectivity index (χ2n) is 7.55. The predicted molar refractivity (Wildman–Crippen MR) is 110 cm³/mol. The van der Waals surface area contributed by atoms with Crippen LogP contribution in [0.1, 0.15) is 34.3 Å². The largest absolute Gasteiger partial charge is 0.325 e. The molecule has 3 N–H and O–H groups in total. The Labute approximate surface area is 181 Å². The van der Waals surface area contributed by atoms with Crippen LogP contribution in [-0.4, -0.2) is 40.1 Å². The number of hydrogen-bond donors (Lipinski definition) is 3. The minimum absolute atomic E-state index is 0.0349. The summed E-state index contributed by atoms with van der Waals surface area (Å²) in [7, 11) is 0. The molecule has 1 saturated heterocycles. The van der Waals surface area contributed by atoms with Crippen LogP contribution < -0.4 is 16.2 Å². The first-order valence-corrected chi connectivity index (χ1v) is 9.88. The molecule has 1 atom stereocenters. The Kier molecular flexibility index (Phi) is 5.31. The number of carbonyl (C=O) groups excluding carboxylic acids is 4. The van der Waals surface area contributed by atoms with Gasteiger partial charge in [-0.2, -0.15) is 0 Å². The molecule has 1 heterocycles. The molecule has 164 valence electrons. The summed E-state index contributed by atoms with van der Waals surface area (Å²) in [6.07, 6.45) is 1.93. The maximum atomic E-state index is 13.2. The number of carbonyl (C=O) groups is 4. The van der Waals surface area contributed by atoms with E-state index in [1.165, 1.54) is 18.2 Å². The Hall–Kier alpha value is -4.28. The smallest absolute Gasteiger partial charge is 0.319 e. The number of nitrogens with one attached hydrogen (secondary N) is 3. The van der Waals surface area contributed by atoms with Crippen LogP contribution in [0.3, 0.4) is 0 Å². The second kappa shape index (κ2) is 8.10. The molecule has 0 radical (unpaired) electrons. The Balaban J connectivity index is 1.42. The van der Waals surface area contributed by atoms with Crippen LogP contribution in [0.5, 0.6) is 0 Å². The van der Waals surface area contributed by atoms with Crippen molar-refractivity contribution >= 4 is 29.4 Å². The summed E-state index contributed by atoms with van der Waals surface area (Å²) < 4.78 is 0. The zero-order valence-electron chi connectivity index (χ0n) is 16.8. The van der Waals surface area contributed by atoms with Gasteiger partial charge in [0, 0.05) is 17.7 Å². The number of aryl methyl sites for hydroxylation is 1. The Morgan fingerprint density at radius 1 is 1.12 bits per heavy atom. The summed E-state index contributed by atoms with van der Waals surface area (Å²) in [6, 6.07) is 11.7. The third-order valence-electron chi connectivity index (χ3n) is 5.59. The molecule has 1 spiro atoms. The number of nitrogens with zero attached hydrogens (tertiary/aromatic N) is 2. The highest BCUT2D eigenvalue weighted by Gasteiger charge is 2.54. The molecular weight excluding hydrogens is 418 g/mol. The second-order valence-corrected chi connectivity index (χ2v) is 7.55. The van der Waals surface area contributed by atoms with E-state index in [0.717, 1.165) is 28.5 Å². The van der Waals surface area contributed by atoms with Gasteiger partial charge in [-0.3, -0.25) is 40.2 Å². The highest BCUT2D eigenvalue weighted by Crippen LogP contribution is 2.39. The molecule has 0 aromatic heterocycles. The lowest BCUT2D eigenvalue weighted by molar-refractivity contribution is -0.384. The molecule has 1 aliphatic carbocycles. The van der Waals surface area contributed by atoms with Crippen molar-refractivity contribution in [2.45, 2.75) is 24.8 Å². The van der Waals surface area contributed by atoms with Gasteiger partial charge in [-0.1, -0.05) is 30.3 Å². The van der Waals surface area contributed by atoms with Crippen molar-refractivity contribution in [3.8, 4) is 0 Å². The number of urea groups is 1. The minimum Gasteiger partial charge on any atom is -0.319 e. The van der Waals surface area contributed by atoms with E-state index < -0.39 is 40.8 Å². The standard InChI is InChI=1S/C21H19N5O6/c27-17(23-24-18(28)14-6-3-8-15(11-14)26(31)32)12-25-19(29)21(22-20(25)30)10-4-7-13-5-1-2-9-16(13)21/h1-3,5-6,8-9,11H,4,7,10,12H2,(H,22,30)(H,23,27)(H,24,28). The van der Waals surface area contributed by atoms with Crippen LogP contribution in [0, 0.1) is 10.1 Å². The number of benzene rings is 2. The van der Waals surface area contributed by atoms with Crippen molar-refractivity contribution < 1.29 is 24.1 Å². The monoisotopic (exact) mass is 437 g/mol. The van der Waals surface area contributed by atoms with Gasteiger partial charge in [0.05, 0.1) is 4.92 Å². The van der Waals surface area contributed by atoms with Gasteiger partial charge in [0.25, 0.3) is 23.4 Å². The van der Waals surface area contributed by atoms with Crippen molar-refractivity contribution in [3.63, 3.8) is 0 Å². The third kappa shape index (κ3) is 3.64. The fraction of sp³-hybridized carbons (Fsp3) is 0.238. The SMILES string of the molecule is O=C(CN1C(=O)NC2(CCCc3ccccc32)C1=O)NNC(=O)c1cccc([N+](=O)[O-])c1. The van der Waals surface area contributed by atoms with Crippen molar-refractivity contribution in [3.05, 3.63) is 75.3 Å². The number of nitro benzene ring substituents is 1. The van der Waals surface area contributed by atoms with E-state index in [1.807, 2.05) is 12.1 Å². The highest BCUT2D eigenvalue weighted by molar-refractivity contribution is 6.09. The Morgan fingerprint density at radius 2 is 1.91 bits per heavy atom. The number of rotatable bonds is 4. The molecule has 2 aromatic rings. The summed E-state index contributed by atoms with van der Waals surface area (Å²) in [5.74, 6) is -2.10. The van der Waals surface area contributed by atoms with E-state index in [0.29, 0.717) is 12.8 Å². The number of fused-ring (bicyclic) bond motifs is 2. The third-order valence-corrected chi connectivity index (χ3v) is 5.59. The first-order valence-electron chi connectivity index (χ1n) is 9.88. The quantitative estimate of drug-likeness (QED) is 0.371. The van der Waals surface area contributed by atoms with Gasteiger partial charge in [-0.05, 0) is 36.5 Å². The molecule has 2 aromatic carbocycles. The summed E-state index contributed by atoms with van der Waals surface area (Å²) in [5, 5.41) is 13.6. The maximum Gasteiger partial charge on any atom is 0.325 e. The van der Waals surface area contributed by atoms with Crippen molar-refractivity contribution in [1.29, 1.82) is 0 Å². The summed E-state index contributed by atoms with van der Waals surface area (Å²) in [4.78, 5) is 61.2. The van der Waals surface area contributed by atoms with Crippen LogP contribution in [0.25, 0.3) is 0 Å². The Bertz CT molecular complexity index is 1150. The van der Waals surface area contributed by atoms with E-state index in [-0.39, 0.29) is 11.3 Å². The fourth-order valence-electron chi connectivity index (χ4n) is 4.10. The summed E-state index contributed by atoms with van der Waals surface area (Å²) in [6.45, 7) is -0.593. The molecule has 11 heteroatoms. The molecule has 32 heavy (non-hydrogen) atoms. The van der Waals surface area contributed by atoms with Crippen LogP contribution in [0.2, 0.25) is 0 Å². The molecule has 0 bridgehead atoms. The molecule has 1 fully saturated rings. The number of hydrazine groups is 1. The van der Waals surface area contributed by atoms with Crippen molar-refractivity contribution in [1.82, 2.24) is 21.1 Å². The van der Waals surface area contributed by atoms with Crippen LogP contribution in [0.4, 0.5) is 10.5 Å².